The Morgan fingerprint density at radius 3 is 2.38 bits per heavy atom. The van der Waals surface area contributed by atoms with Crippen molar-refractivity contribution in [1.82, 2.24) is 4.90 Å². The molecule has 1 amide bonds. The number of rotatable bonds is 5. The van der Waals surface area contributed by atoms with Crippen LogP contribution in [0.2, 0.25) is 0 Å². The van der Waals surface area contributed by atoms with Crippen molar-refractivity contribution in [1.29, 1.82) is 0 Å². The molecule has 0 spiro atoms. The predicted octanol–water partition coefficient (Wildman–Crippen LogP) is 2.73. The van der Waals surface area contributed by atoms with Gasteiger partial charge in [-0.25, -0.2) is 8.42 Å². The second-order valence-electron chi connectivity index (χ2n) is 8.51. The van der Waals surface area contributed by atoms with E-state index in [0.29, 0.717) is 36.4 Å². The van der Waals surface area contributed by atoms with Crippen molar-refractivity contribution < 1.29 is 32.5 Å². The molecule has 2 aromatic rings. The summed E-state index contributed by atoms with van der Waals surface area (Å²) in [7, 11) is -1.08. The Bertz CT molecular complexity index is 1140. The summed E-state index contributed by atoms with van der Waals surface area (Å²) in [6, 6.07) is 8.32. The number of ether oxygens (including phenoxy) is 3. The minimum atomic E-state index is -3.97. The van der Waals surface area contributed by atoms with Crippen LogP contribution >= 0.6 is 0 Å². The molecule has 172 valence electrons. The predicted molar refractivity (Wildman–Crippen MR) is 116 cm³/mol. The topological polar surface area (TPSA) is 102 Å². The highest BCUT2D eigenvalue weighted by Gasteiger charge is 2.48. The number of hydrogen-bond donors (Lipinski definition) is 1. The van der Waals surface area contributed by atoms with Crippen molar-refractivity contribution in [3.63, 3.8) is 0 Å². The maximum absolute atomic E-state index is 13.5. The van der Waals surface area contributed by atoms with E-state index in [4.69, 9.17) is 14.2 Å². The number of aliphatic hydroxyl groups excluding tert-OH is 1. The number of carbonyl (C=O) groups excluding carboxylic acids is 1. The van der Waals surface area contributed by atoms with E-state index >= 15 is 0 Å². The molecule has 32 heavy (non-hydrogen) atoms. The van der Waals surface area contributed by atoms with Crippen LogP contribution in [0, 0.1) is 0 Å². The van der Waals surface area contributed by atoms with Gasteiger partial charge in [0.25, 0.3) is 0 Å². The van der Waals surface area contributed by atoms with Crippen molar-refractivity contribution >= 4 is 15.7 Å². The molecular weight excluding hydrogens is 434 g/mol. The number of carbonyl (C=O) groups is 1. The number of nitrogens with zero attached hydrogens (tertiary/aromatic N) is 1. The summed E-state index contributed by atoms with van der Waals surface area (Å²) in [5.41, 5.74) is -0.540. The molecule has 2 aliphatic rings. The van der Waals surface area contributed by atoms with Gasteiger partial charge in [-0.2, -0.15) is 0 Å². The van der Waals surface area contributed by atoms with E-state index in [-0.39, 0.29) is 21.4 Å². The van der Waals surface area contributed by atoms with Crippen LogP contribution in [0.25, 0.3) is 0 Å². The lowest BCUT2D eigenvalue weighted by Crippen LogP contribution is -2.53. The molecule has 1 N–H and O–H groups in total. The van der Waals surface area contributed by atoms with Gasteiger partial charge in [0.05, 0.1) is 25.2 Å². The molecule has 2 atom stereocenters. The number of likely N-dealkylation sites (tertiary alicyclic amines) is 1. The van der Waals surface area contributed by atoms with Gasteiger partial charge in [0.1, 0.15) is 33.8 Å². The molecule has 8 nitrogen and oxygen atoms in total. The van der Waals surface area contributed by atoms with Crippen LogP contribution in [-0.2, 0) is 14.6 Å². The van der Waals surface area contributed by atoms with Crippen molar-refractivity contribution in [2.45, 2.75) is 54.2 Å². The van der Waals surface area contributed by atoms with Gasteiger partial charge >= 0.3 is 0 Å². The summed E-state index contributed by atoms with van der Waals surface area (Å²) in [4.78, 5) is 14.2. The zero-order valence-electron chi connectivity index (χ0n) is 18.5. The first-order valence-electron chi connectivity index (χ1n) is 10.4. The number of aliphatic hydroxyl groups is 1. The first kappa shape index (κ1) is 22.4. The zero-order chi connectivity index (χ0) is 23.3. The van der Waals surface area contributed by atoms with Gasteiger partial charge < -0.3 is 24.2 Å². The van der Waals surface area contributed by atoms with Crippen LogP contribution in [0.3, 0.4) is 0 Å². The summed E-state index contributed by atoms with van der Waals surface area (Å²) >= 11 is 0. The normalized spacial score (nSPS) is 22.3. The van der Waals surface area contributed by atoms with Crippen molar-refractivity contribution in [3.8, 4) is 17.2 Å². The smallest absolute Gasteiger partial charge is 0.223 e. The fourth-order valence-electron chi connectivity index (χ4n) is 4.32. The summed E-state index contributed by atoms with van der Waals surface area (Å²) in [6.07, 6.45) is 0.0423. The second-order valence-corrected chi connectivity index (χ2v) is 10.4. The summed E-state index contributed by atoms with van der Waals surface area (Å²) in [6.45, 7) is 3.97. The number of benzene rings is 2. The second kappa shape index (κ2) is 7.97. The van der Waals surface area contributed by atoms with Gasteiger partial charge in [-0.3, -0.25) is 4.79 Å². The van der Waals surface area contributed by atoms with E-state index < -0.39 is 27.6 Å². The molecule has 0 saturated carbocycles. The minimum Gasteiger partial charge on any atom is -0.497 e. The standard InChI is InChI=1S/C23H27NO7S/c1-23(2)22(26)21(24-11-5-6-20(24)25)16-12-19(18(30-4)13-17(16)31-23)32(27,28)15-9-7-14(29-3)8-10-15/h7-10,12-13,21-22,26H,5-6,11H2,1-4H3/t21-,22+/m0/s1. The molecule has 2 heterocycles. The molecule has 0 aliphatic carbocycles. The molecule has 0 aromatic heterocycles. The molecule has 4 rings (SSSR count). The first-order valence-corrected chi connectivity index (χ1v) is 11.9. The Kier molecular flexibility index (Phi) is 5.58. The van der Waals surface area contributed by atoms with Crippen molar-refractivity contribution in [2.24, 2.45) is 0 Å². The van der Waals surface area contributed by atoms with E-state index in [1.807, 2.05) is 0 Å². The SMILES string of the molecule is COc1ccc(S(=O)(=O)c2cc3c(cc2OC)OC(C)(C)[C@H](O)[C@H]3N2CCCC2=O)cc1. The number of hydrogen-bond acceptors (Lipinski definition) is 7. The highest BCUT2D eigenvalue weighted by molar-refractivity contribution is 7.91. The van der Waals surface area contributed by atoms with Crippen LogP contribution in [-0.4, -0.2) is 56.8 Å². The van der Waals surface area contributed by atoms with E-state index in [1.54, 1.807) is 30.9 Å². The minimum absolute atomic E-state index is 0.0592. The molecule has 0 radical (unpaired) electrons. The van der Waals surface area contributed by atoms with E-state index in [2.05, 4.69) is 0 Å². The van der Waals surface area contributed by atoms with Gasteiger partial charge in [0, 0.05) is 24.6 Å². The highest BCUT2D eigenvalue weighted by atomic mass is 32.2. The van der Waals surface area contributed by atoms with Gasteiger partial charge in [-0.15, -0.1) is 0 Å². The Balaban J connectivity index is 1.89. The number of fused-ring (bicyclic) bond motifs is 1. The van der Waals surface area contributed by atoms with Gasteiger partial charge in [-0.05, 0) is 50.6 Å². The third kappa shape index (κ3) is 3.59. The number of amides is 1. The van der Waals surface area contributed by atoms with Gasteiger partial charge in [-0.1, -0.05) is 0 Å². The van der Waals surface area contributed by atoms with E-state index in [9.17, 15) is 18.3 Å². The molecule has 2 aromatic carbocycles. The lowest BCUT2D eigenvalue weighted by Gasteiger charge is -2.45. The van der Waals surface area contributed by atoms with Gasteiger partial charge in [0.2, 0.25) is 15.7 Å². The van der Waals surface area contributed by atoms with Crippen molar-refractivity contribution in [2.75, 3.05) is 20.8 Å². The van der Waals surface area contributed by atoms with E-state index in [0.717, 1.165) is 0 Å². The number of methoxy groups -OCH3 is 2. The molecule has 1 saturated heterocycles. The summed E-state index contributed by atoms with van der Waals surface area (Å²) < 4.78 is 43.5. The molecule has 0 bridgehead atoms. The Labute approximate surface area is 187 Å². The Morgan fingerprint density at radius 2 is 1.81 bits per heavy atom. The van der Waals surface area contributed by atoms with Crippen LogP contribution in [0.1, 0.15) is 38.3 Å². The third-order valence-corrected chi connectivity index (χ3v) is 7.89. The molecule has 0 unspecified atom stereocenters. The maximum Gasteiger partial charge on any atom is 0.223 e. The molecule has 1 fully saturated rings. The average Bonchev–Trinajstić information content (AvgIpc) is 3.19. The Hall–Kier alpha value is -2.78. The quantitative estimate of drug-likeness (QED) is 0.730. The van der Waals surface area contributed by atoms with Crippen LogP contribution in [0.15, 0.2) is 46.2 Å². The average molecular weight is 462 g/mol. The lowest BCUT2D eigenvalue weighted by molar-refractivity contribution is -0.139. The molecule has 9 heteroatoms. The zero-order valence-corrected chi connectivity index (χ0v) is 19.3. The molecule has 2 aliphatic heterocycles. The largest absolute Gasteiger partial charge is 0.497 e. The Morgan fingerprint density at radius 1 is 1.12 bits per heavy atom. The van der Waals surface area contributed by atoms with E-state index in [1.165, 1.54) is 38.5 Å². The fourth-order valence-corrected chi connectivity index (χ4v) is 5.76. The molecular formula is C23H27NO7S. The fraction of sp³-hybridized carbons (Fsp3) is 0.435. The van der Waals surface area contributed by atoms with Crippen LogP contribution < -0.4 is 14.2 Å². The third-order valence-electron chi connectivity index (χ3n) is 6.10. The van der Waals surface area contributed by atoms with Crippen LogP contribution in [0.4, 0.5) is 0 Å². The van der Waals surface area contributed by atoms with Crippen LogP contribution in [0.5, 0.6) is 17.2 Å². The van der Waals surface area contributed by atoms with Gasteiger partial charge in [0.15, 0.2) is 0 Å². The maximum atomic E-state index is 13.5. The monoisotopic (exact) mass is 461 g/mol. The first-order chi connectivity index (χ1) is 15.1. The highest BCUT2D eigenvalue weighted by Crippen LogP contribution is 2.47. The van der Waals surface area contributed by atoms with Crippen molar-refractivity contribution in [3.05, 3.63) is 42.0 Å². The number of sulfone groups is 1. The lowest BCUT2D eigenvalue weighted by atomic mass is 9.85. The summed E-state index contributed by atoms with van der Waals surface area (Å²) in [5.74, 6) is 0.967. The summed E-state index contributed by atoms with van der Waals surface area (Å²) in [5, 5.41) is 11.1.